The Hall–Kier alpha value is -2.93. The van der Waals surface area contributed by atoms with Crippen LogP contribution < -0.4 is 9.64 Å². The summed E-state index contributed by atoms with van der Waals surface area (Å²) in [7, 11) is 4.00. The summed E-state index contributed by atoms with van der Waals surface area (Å²) in [5.41, 5.74) is 2.70. The van der Waals surface area contributed by atoms with Crippen molar-refractivity contribution in [1.29, 1.82) is 0 Å². The normalized spacial score (nSPS) is 10.8. The number of amides is 1. The van der Waals surface area contributed by atoms with E-state index in [9.17, 15) is 4.79 Å². The van der Waals surface area contributed by atoms with Crippen molar-refractivity contribution in [3.8, 4) is 11.5 Å². The van der Waals surface area contributed by atoms with E-state index in [0.717, 1.165) is 23.2 Å². The highest BCUT2D eigenvalue weighted by Gasteiger charge is 2.24. The van der Waals surface area contributed by atoms with E-state index in [-0.39, 0.29) is 18.3 Å². The predicted molar refractivity (Wildman–Crippen MR) is 139 cm³/mol. The Morgan fingerprint density at radius 2 is 1.70 bits per heavy atom. The van der Waals surface area contributed by atoms with Gasteiger partial charge in [0.25, 0.3) is 5.91 Å². The van der Waals surface area contributed by atoms with Gasteiger partial charge in [-0.15, -0.1) is 12.4 Å². The van der Waals surface area contributed by atoms with E-state index in [0.29, 0.717) is 28.7 Å². The number of hydrogen-bond acceptors (Lipinski definition) is 5. The number of ether oxygens (including phenoxy) is 1. The van der Waals surface area contributed by atoms with Crippen LogP contribution in [0.2, 0.25) is 0 Å². The standard InChI is InChI=1S/C26H27N3O2S.ClH/c1-4-19-14-15-22-24(18-19)32-26(27-22)29(17-16-28(2)3)25(30)21-12-8-9-13-23(21)31-20-10-6-5-7-11-20;/h5-15,18H,4,16-17H2,1-3H3;1H. The highest BCUT2D eigenvalue weighted by Crippen LogP contribution is 2.32. The molecule has 0 radical (unpaired) electrons. The van der Waals surface area contributed by atoms with E-state index in [1.165, 1.54) is 5.56 Å². The van der Waals surface area contributed by atoms with Gasteiger partial charge in [-0.1, -0.05) is 54.7 Å². The molecule has 0 bridgehead atoms. The molecule has 0 atom stereocenters. The Kier molecular flexibility index (Phi) is 8.44. The lowest BCUT2D eigenvalue weighted by molar-refractivity contribution is 0.0983. The molecule has 0 aliphatic carbocycles. The summed E-state index contributed by atoms with van der Waals surface area (Å²) >= 11 is 1.55. The summed E-state index contributed by atoms with van der Waals surface area (Å²) in [5.74, 6) is 1.11. The van der Waals surface area contributed by atoms with Crippen molar-refractivity contribution in [2.75, 3.05) is 32.1 Å². The lowest BCUT2D eigenvalue weighted by Crippen LogP contribution is -2.36. The van der Waals surface area contributed by atoms with Crippen LogP contribution in [-0.2, 0) is 6.42 Å². The largest absolute Gasteiger partial charge is 0.457 e. The summed E-state index contributed by atoms with van der Waals surface area (Å²) in [5, 5.41) is 0.703. The van der Waals surface area contributed by atoms with Gasteiger partial charge < -0.3 is 9.64 Å². The Balaban J connectivity index is 0.00000306. The zero-order valence-corrected chi connectivity index (χ0v) is 20.7. The van der Waals surface area contributed by atoms with Gasteiger partial charge in [0.1, 0.15) is 11.5 Å². The molecule has 0 saturated heterocycles. The van der Waals surface area contributed by atoms with Gasteiger partial charge in [0.05, 0.1) is 15.8 Å². The molecule has 3 aromatic carbocycles. The lowest BCUT2D eigenvalue weighted by atomic mass is 10.1. The number of halogens is 1. The third kappa shape index (κ3) is 5.90. The minimum atomic E-state index is -0.117. The zero-order chi connectivity index (χ0) is 22.5. The maximum Gasteiger partial charge on any atom is 0.263 e. The van der Waals surface area contributed by atoms with Crippen molar-refractivity contribution in [3.63, 3.8) is 0 Å². The maximum absolute atomic E-state index is 13.8. The fourth-order valence-corrected chi connectivity index (χ4v) is 4.42. The van der Waals surface area contributed by atoms with Crippen molar-refractivity contribution in [2.45, 2.75) is 13.3 Å². The lowest BCUT2D eigenvalue weighted by Gasteiger charge is -2.23. The summed E-state index contributed by atoms with van der Waals surface area (Å²) in [6.45, 7) is 3.40. The van der Waals surface area contributed by atoms with E-state index >= 15 is 0 Å². The summed E-state index contributed by atoms with van der Waals surface area (Å²) in [6, 6.07) is 23.2. The van der Waals surface area contributed by atoms with Crippen LogP contribution in [0.15, 0.2) is 72.8 Å². The monoisotopic (exact) mass is 481 g/mol. The number of benzene rings is 3. The first-order valence-corrected chi connectivity index (χ1v) is 11.5. The molecule has 4 aromatic rings. The zero-order valence-electron chi connectivity index (χ0n) is 19.0. The molecule has 5 nitrogen and oxygen atoms in total. The second-order valence-corrected chi connectivity index (χ2v) is 8.83. The first-order valence-electron chi connectivity index (χ1n) is 10.7. The van der Waals surface area contributed by atoms with Crippen molar-refractivity contribution in [1.82, 2.24) is 9.88 Å². The minimum Gasteiger partial charge on any atom is -0.457 e. The number of nitrogens with zero attached hydrogens (tertiary/aromatic N) is 3. The van der Waals surface area contributed by atoms with Crippen LogP contribution in [0.1, 0.15) is 22.8 Å². The number of para-hydroxylation sites is 2. The highest BCUT2D eigenvalue weighted by molar-refractivity contribution is 7.22. The molecule has 0 unspecified atom stereocenters. The van der Waals surface area contributed by atoms with Crippen molar-refractivity contribution >= 4 is 45.0 Å². The van der Waals surface area contributed by atoms with Crippen molar-refractivity contribution in [2.24, 2.45) is 0 Å². The quantitative estimate of drug-likeness (QED) is 0.297. The molecule has 0 saturated carbocycles. The molecule has 0 spiro atoms. The van der Waals surface area contributed by atoms with E-state index in [1.807, 2.05) is 74.8 Å². The average Bonchev–Trinajstić information content (AvgIpc) is 3.22. The Morgan fingerprint density at radius 3 is 2.42 bits per heavy atom. The van der Waals surface area contributed by atoms with Gasteiger partial charge >= 0.3 is 0 Å². The van der Waals surface area contributed by atoms with Gasteiger partial charge in [-0.2, -0.15) is 0 Å². The number of likely N-dealkylation sites (N-methyl/N-ethyl adjacent to an activating group) is 1. The summed E-state index contributed by atoms with van der Waals surface area (Å²) in [6.07, 6.45) is 0.969. The Labute approximate surface area is 205 Å². The smallest absolute Gasteiger partial charge is 0.263 e. The molecule has 0 aliphatic heterocycles. The SMILES string of the molecule is CCc1ccc2nc(N(CCN(C)C)C(=O)c3ccccc3Oc3ccccc3)sc2c1.Cl. The molecule has 4 rings (SSSR count). The maximum atomic E-state index is 13.8. The second kappa shape index (κ2) is 11.3. The van der Waals surface area contributed by atoms with Gasteiger partial charge in [-0.3, -0.25) is 9.69 Å². The Morgan fingerprint density at radius 1 is 0.970 bits per heavy atom. The topological polar surface area (TPSA) is 45.7 Å². The molecule has 1 heterocycles. The van der Waals surface area contributed by atoms with Crippen LogP contribution in [0.5, 0.6) is 11.5 Å². The van der Waals surface area contributed by atoms with E-state index in [2.05, 4.69) is 24.0 Å². The summed E-state index contributed by atoms with van der Waals surface area (Å²) in [4.78, 5) is 22.4. The summed E-state index contributed by atoms with van der Waals surface area (Å²) < 4.78 is 7.15. The first-order chi connectivity index (χ1) is 15.5. The van der Waals surface area contributed by atoms with Gasteiger partial charge in [0.15, 0.2) is 5.13 Å². The molecule has 172 valence electrons. The first kappa shape index (κ1) is 24.7. The average molecular weight is 482 g/mol. The highest BCUT2D eigenvalue weighted by atomic mass is 35.5. The van der Waals surface area contributed by atoms with Crippen LogP contribution in [0, 0.1) is 0 Å². The van der Waals surface area contributed by atoms with Crippen LogP contribution >= 0.6 is 23.7 Å². The van der Waals surface area contributed by atoms with Crippen LogP contribution in [0.3, 0.4) is 0 Å². The molecule has 0 fully saturated rings. The number of fused-ring (bicyclic) bond motifs is 1. The fraction of sp³-hybridized carbons (Fsp3) is 0.231. The van der Waals surface area contributed by atoms with E-state index in [1.54, 1.807) is 16.2 Å². The van der Waals surface area contributed by atoms with Gasteiger partial charge in [0, 0.05) is 13.1 Å². The number of carbonyl (C=O) groups excluding carboxylic acids is 1. The predicted octanol–water partition coefficient (Wildman–Crippen LogP) is 6.28. The van der Waals surface area contributed by atoms with E-state index < -0.39 is 0 Å². The van der Waals surface area contributed by atoms with Crippen molar-refractivity contribution < 1.29 is 9.53 Å². The van der Waals surface area contributed by atoms with Crippen LogP contribution in [-0.4, -0.2) is 43.0 Å². The van der Waals surface area contributed by atoms with Crippen LogP contribution in [0.4, 0.5) is 5.13 Å². The molecule has 33 heavy (non-hydrogen) atoms. The second-order valence-electron chi connectivity index (χ2n) is 7.82. The minimum absolute atomic E-state index is 0. The third-order valence-corrected chi connectivity index (χ3v) is 6.23. The molecule has 0 aliphatic rings. The number of aryl methyl sites for hydroxylation is 1. The molecular formula is C26H28ClN3O2S. The molecular weight excluding hydrogens is 454 g/mol. The van der Waals surface area contributed by atoms with Gasteiger partial charge in [-0.25, -0.2) is 4.98 Å². The van der Waals surface area contributed by atoms with Gasteiger partial charge in [-0.05, 0) is 62.5 Å². The molecule has 1 aromatic heterocycles. The number of anilines is 1. The van der Waals surface area contributed by atoms with Gasteiger partial charge in [0.2, 0.25) is 0 Å². The van der Waals surface area contributed by atoms with E-state index in [4.69, 9.17) is 9.72 Å². The third-order valence-electron chi connectivity index (χ3n) is 5.19. The molecule has 1 amide bonds. The molecule has 0 N–H and O–H groups in total. The number of rotatable bonds is 8. The fourth-order valence-electron chi connectivity index (χ4n) is 3.37. The Bertz CT molecular complexity index is 1210. The van der Waals surface area contributed by atoms with Crippen molar-refractivity contribution in [3.05, 3.63) is 83.9 Å². The number of carbonyl (C=O) groups is 1. The number of thiazole rings is 1. The number of aromatic nitrogens is 1. The molecule has 7 heteroatoms. The van der Waals surface area contributed by atoms with Crippen LogP contribution in [0.25, 0.3) is 10.2 Å². The number of hydrogen-bond donors (Lipinski definition) is 0.